The molecule has 8 heteroatoms. The van der Waals surface area contributed by atoms with Crippen LogP contribution in [0.5, 0.6) is 11.5 Å². The van der Waals surface area contributed by atoms with Crippen molar-refractivity contribution in [3.63, 3.8) is 0 Å². The molecule has 2 N–H and O–H groups in total. The van der Waals surface area contributed by atoms with Gasteiger partial charge in [-0.2, -0.15) is 0 Å². The largest absolute Gasteiger partial charge is 0.507 e. The average molecular weight is 334 g/mol. The van der Waals surface area contributed by atoms with Gasteiger partial charge in [-0.25, -0.2) is 9.59 Å². The van der Waals surface area contributed by atoms with Crippen molar-refractivity contribution in [2.45, 2.75) is 18.1 Å². The molecule has 1 aromatic carbocycles. The van der Waals surface area contributed by atoms with E-state index in [0.717, 1.165) is 13.2 Å². The number of carbonyl (C=O) groups excluding carboxylic acids is 3. The minimum Gasteiger partial charge on any atom is -0.507 e. The highest BCUT2D eigenvalue weighted by Crippen LogP contribution is 2.51. The molecule has 2 atom stereocenters. The molecule has 0 amide bonds. The fourth-order valence-corrected chi connectivity index (χ4v) is 3.09. The minimum absolute atomic E-state index is 0.0733. The normalized spacial score (nSPS) is 27.8. The third kappa shape index (κ3) is 1.68. The SMILES string of the molecule is COC(=O)[C@@]1(O)C(=O)C=C2c3cc(OC)cc(O)c3C(=O)O[C@]21C. The first kappa shape index (κ1) is 16.0. The van der Waals surface area contributed by atoms with Gasteiger partial charge < -0.3 is 24.4 Å². The van der Waals surface area contributed by atoms with Crippen LogP contribution in [0.1, 0.15) is 22.8 Å². The molecule has 1 aliphatic heterocycles. The molecule has 1 aromatic rings. The summed E-state index contributed by atoms with van der Waals surface area (Å²) in [7, 11) is 2.36. The smallest absolute Gasteiger partial charge is 0.350 e. The van der Waals surface area contributed by atoms with Crippen LogP contribution in [0.3, 0.4) is 0 Å². The number of methoxy groups -OCH3 is 2. The van der Waals surface area contributed by atoms with E-state index >= 15 is 0 Å². The quantitative estimate of drug-likeness (QED) is 0.581. The van der Waals surface area contributed by atoms with E-state index in [1.807, 2.05) is 0 Å². The predicted octanol–water partition coefficient (Wildman–Crippen LogP) is 0.200. The lowest BCUT2D eigenvalue weighted by molar-refractivity contribution is -0.182. The van der Waals surface area contributed by atoms with Crippen LogP contribution in [0.15, 0.2) is 18.2 Å². The lowest BCUT2D eigenvalue weighted by Crippen LogP contribution is -2.62. The van der Waals surface area contributed by atoms with E-state index in [2.05, 4.69) is 4.74 Å². The van der Waals surface area contributed by atoms with Crippen LogP contribution >= 0.6 is 0 Å². The van der Waals surface area contributed by atoms with Crippen LogP contribution in [0.2, 0.25) is 0 Å². The van der Waals surface area contributed by atoms with Crippen LogP contribution in [0, 0.1) is 0 Å². The number of ether oxygens (including phenoxy) is 3. The Morgan fingerprint density at radius 2 is 1.92 bits per heavy atom. The highest BCUT2D eigenvalue weighted by Gasteiger charge is 2.69. The molecule has 0 bridgehead atoms. The standard InChI is InChI=1S/C16H14O8/c1-15-9(6-11(18)16(15,21)14(20)23-3)8-4-7(22-2)5-10(17)12(8)13(19)24-15/h4-6,17,21H,1-3H3/t15-,16+/m1/s1. The van der Waals surface area contributed by atoms with Crippen LogP contribution in [0.4, 0.5) is 0 Å². The number of esters is 2. The van der Waals surface area contributed by atoms with Crippen molar-refractivity contribution >= 4 is 23.3 Å². The molecule has 3 rings (SSSR count). The van der Waals surface area contributed by atoms with Gasteiger partial charge in [0.15, 0.2) is 5.60 Å². The fraction of sp³-hybridized carbons (Fsp3) is 0.312. The third-order valence-electron chi connectivity index (χ3n) is 4.44. The molecular weight excluding hydrogens is 320 g/mol. The zero-order chi connectivity index (χ0) is 17.9. The van der Waals surface area contributed by atoms with Crippen LogP contribution in [-0.4, -0.2) is 53.4 Å². The van der Waals surface area contributed by atoms with Crippen molar-refractivity contribution in [2.75, 3.05) is 14.2 Å². The number of fused-ring (bicyclic) bond motifs is 3. The molecule has 0 radical (unpaired) electrons. The molecule has 0 fully saturated rings. The second-order valence-electron chi connectivity index (χ2n) is 5.62. The van der Waals surface area contributed by atoms with E-state index in [-0.39, 0.29) is 22.4 Å². The number of phenolic OH excluding ortho intramolecular Hbond substituents is 1. The van der Waals surface area contributed by atoms with Gasteiger partial charge in [0.25, 0.3) is 5.60 Å². The average Bonchev–Trinajstić information content (AvgIpc) is 2.75. The first-order valence-corrected chi connectivity index (χ1v) is 6.92. The maximum atomic E-state index is 12.3. The Morgan fingerprint density at radius 1 is 1.25 bits per heavy atom. The van der Waals surface area contributed by atoms with Crippen molar-refractivity contribution in [3.8, 4) is 11.5 Å². The maximum absolute atomic E-state index is 12.3. The van der Waals surface area contributed by atoms with Crippen LogP contribution in [0.25, 0.3) is 5.57 Å². The van der Waals surface area contributed by atoms with E-state index in [4.69, 9.17) is 9.47 Å². The summed E-state index contributed by atoms with van der Waals surface area (Å²) >= 11 is 0. The zero-order valence-electron chi connectivity index (χ0n) is 13.1. The Labute approximate surface area is 136 Å². The topological polar surface area (TPSA) is 119 Å². The third-order valence-corrected chi connectivity index (χ3v) is 4.44. The van der Waals surface area contributed by atoms with E-state index in [1.165, 1.54) is 26.2 Å². The van der Waals surface area contributed by atoms with Gasteiger partial charge in [0.1, 0.15) is 17.1 Å². The fourth-order valence-electron chi connectivity index (χ4n) is 3.09. The first-order chi connectivity index (χ1) is 11.2. The number of benzene rings is 1. The lowest BCUT2D eigenvalue weighted by Gasteiger charge is -2.40. The number of carbonyl (C=O) groups is 3. The summed E-state index contributed by atoms with van der Waals surface area (Å²) in [6, 6.07) is 2.63. The van der Waals surface area contributed by atoms with Gasteiger partial charge in [-0.1, -0.05) is 0 Å². The van der Waals surface area contributed by atoms with Gasteiger partial charge in [-0.05, 0) is 19.1 Å². The Morgan fingerprint density at radius 3 is 2.50 bits per heavy atom. The van der Waals surface area contributed by atoms with E-state index in [0.29, 0.717) is 0 Å². The Bertz CT molecular complexity index is 824. The molecular formula is C16H14O8. The number of aliphatic hydroxyl groups is 1. The molecule has 126 valence electrons. The van der Waals surface area contributed by atoms with Crippen molar-refractivity contribution in [3.05, 3.63) is 29.3 Å². The van der Waals surface area contributed by atoms with E-state index in [1.54, 1.807) is 0 Å². The Hall–Kier alpha value is -2.87. The molecule has 1 heterocycles. The monoisotopic (exact) mass is 334 g/mol. The van der Waals surface area contributed by atoms with Crippen LogP contribution in [-0.2, 0) is 19.1 Å². The van der Waals surface area contributed by atoms with Gasteiger partial charge >= 0.3 is 11.9 Å². The summed E-state index contributed by atoms with van der Waals surface area (Å²) in [6.45, 7) is 1.23. The number of hydrogen-bond acceptors (Lipinski definition) is 8. The first-order valence-electron chi connectivity index (χ1n) is 6.92. The molecule has 24 heavy (non-hydrogen) atoms. The highest BCUT2D eigenvalue weighted by molar-refractivity contribution is 6.24. The maximum Gasteiger partial charge on any atom is 0.350 e. The number of rotatable bonds is 2. The predicted molar refractivity (Wildman–Crippen MR) is 78.4 cm³/mol. The molecule has 0 aromatic heterocycles. The molecule has 2 aliphatic rings. The summed E-state index contributed by atoms with van der Waals surface area (Å²) in [5.74, 6) is -3.38. The summed E-state index contributed by atoms with van der Waals surface area (Å²) < 4.78 is 14.8. The molecule has 1 aliphatic carbocycles. The number of phenols is 1. The molecule has 0 saturated carbocycles. The lowest BCUT2D eigenvalue weighted by atomic mass is 9.77. The zero-order valence-corrected chi connectivity index (χ0v) is 13.1. The van der Waals surface area contributed by atoms with Gasteiger partial charge in [0.2, 0.25) is 5.78 Å². The Kier molecular flexibility index (Phi) is 3.21. The number of aromatic hydroxyl groups is 1. The van der Waals surface area contributed by atoms with Crippen molar-refractivity contribution in [2.24, 2.45) is 0 Å². The van der Waals surface area contributed by atoms with Gasteiger partial charge in [0.05, 0.1) is 14.2 Å². The number of hydrogen-bond donors (Lipinski definition) is 2. The van der Waals surface area contributed by atoms with E-state index in [9.17, 15) is 24.6 Å². The summed E-state index contributed by atoms with van der Waals surface area (Å²) in [4.78, 5) is 36.7. The second-order valence-corrected chi connectivity index (χ2v) is 5.62. The minimum atomic E-state index is -2.71. The second kappa shape index (κ2) is 4.81. The highest BCUT2D eigenvalue weighted by atomic mass is 16.6. The van der Waals surface area contributed by atoms with Gasteiger partial charge in [0, 0.05) is 17.2 Å². The van der Waals surface area contributed by atoms with Crippen molar-refractivity contribution in [1.29, 1.82) is 0 Å². The van der Waals surface area contributed by atoms with Crippen molar-refractivity contribution in [1.82, 2.24) is 0 Å². The van der Waals surface area contributed by atoms with E-state index < -0.39 is 34.7 Å². The van der Waals surface area contributed by atoms with Crippen LogP contribution < -0.4 is 4.74 Å². The summed E-state index contributed by atoms with van der Waals surface area (Å²) in [5, 5.41) is 20.7. The Balaban J connectivity index is 2.30. The number of ketones is 1. The summed E-state index contributed by atoms with van der Waals surface area (Å²) in [6.07, 6.45) is 1.00. The van der Waals surface area contributed by atoms with Gasteiger partial charge in [-0.3, -0.25) is 4.79 Å². The summed E-state index contributed by atoms with van der Waals surface area (Å²) in [5.41, 5.74) is -4.66. The molecule has 0 saturated heterocycles. The molecule has 8 nitrogen and oxygen atoms in total. The molecule has 0 unspecified atom stereocenters. The molecule has 0 spiro atoms. The van der Waals surface area contributed by atoms with Crippen molar-refractivity contribution < 1.29 is 38.8 Å². The van der Waals surface area contributed by atoms with Gasteiger partial charge in [-0.15, -0.1) is 0 Å².